The SMILES string of the molecule is CC(C)C(O)c1ccccc1OC(F)F. The summed E-state index contributed by atoms with van der Waals surface area (Å²) in [5.74, 6) is -0.0128. The van der Waals surface area contributed by atoms with Gasteiger partial charge in [0.15, 0.2) is 0 Å². The van der Waals surface area contributed by atoms with Gasteiger partial charge in [0.25, 0.3) is 0 Å². The molecular formula is C11H14F2O2. The molecule has 1 unspecified atom stereocenters. The van der Waals surface area contributed by atoms with Crippen molar-refractivity contribution >= 4 is 0 Å². The highest BCUT2D eigenvalue weighted by atomic mass is 19.3. The van der Waals surface area contributed by atoms with Gasteiger partial charge in [-0.15, -0.1) is 0 Å². The minimum atomic E-state index is -2.87. The van der Waals surface area contributed by atoms with E-state index in [1.54, 1.807) is 18.2 Å². The van der Waals surface area contributed by atoms with Crippen molar-refractivity contribution in [3.63, 3.8) is 0 Å². The van der Waals surface area contributed by atoms with Gasteiger partial charge in [0.2, 0.25) is 0 Å². The van der Waals surface area contributed by atoms with Gasteiger partial charge in [0.05, 0.1) is 6.10 Å². The fourth-order valence-electron chi connectivity index (χ4n) is 1.29. The molecule has 2 nitrogen and oxygen atoms in total. The molecule has 0 saturated heterocycles. The maximum absolute atomic E-state index is 12.1. The number of halogens is 2. The van der Waals surface area contributed by atoms with Crippen LogP contribution in [-0.4, -0.2) is 11.7 Å². The zero-order chi connectivity index (χ0) is 11.4. The minimum absolute atomic E-state index is 0.0358. The first-order valence-corrected chi connectivity index (χ1v) is 4.74. The van der Waals surface area contributed by atoms with Gasteiger partial charge in [-0.1, -0.05) is 32.0 Å². The molecule has 0 heterocycles. The Balaban J connectivity index is 2.95. The predicted octanol–water partition coefficient (Wildman–Crippen LogP) is 2.98. The van der Waals surface area contributed by atoms with E-state index < -0.39 is 12.7 Å². The number of benzene rings is 1. The Bertz CT molecular complexity index is 313. The number of rotatable bonds is 4. The van der Waals surface area contributed by atoms with Crippen LogP contribution in [0.4, 0.5) is 8.78 Å². The Kier molecular flexibility index (Phi) is 4.03. The van der Waals surface area contributed by atoms with Crippen LogP contribution in [0.3, 0.4) is 0 Å². The van der Waals surface area contributed by atoms with Crippen molar-refractivity contribution in [3.8, 4) is 5.75 Å². The standard InChI is InChI=1S/C11H14F2O2/c1-7(2)10(14)8-5-3-4-6-9(8)15-11(12)13/h3-7,10-11,14H,1-2H3. The first-order chi connectivity index (χ1) is 7.02. The van der Waals surface area contributed by atoms with Crippen molar-refractivity contribution in [3.05, 3.63) is 29.8 Å². The summed E-state index contributed by atoms with van der Waals surface area (Å²) in [6.07, 6.45) is -0.792. The van der Waals surface area contributed by atoms with Crippen LogP contribution in [0.2, 0.25) is 0 Å². The molecule has 1 aromatic carbocycles. The molecule has 0 amide bonds. The van der Waals surface area contributed by atoms with Gasteiger partial charge >= 0.3 is 6.61 Å². The molecule has 0 radical (unpaired) electrons. The van der Waals surface area contributed by atoms with Gasteiger partial charge in [-0.3, -0.25) is 0 Å². The van der Waals surface area contributed by atoms with E-state index in [0.717, 1.165) is 0 Å². The summed E-state index contributed by atoms with van der Waals surface area (Å²) in [5.41, 5.74) is 0.396. The molecular weight excluding hydrogens is 202 g/mol. The Morgan fingerprint density at radius 1 is 1.20 bits per heavy atom. The molecule has 0 spiro atoms. The lowest BCUT2D eigenvalue weighted by molar-refractivity contribution is -0.0520. The van der Waals surface area contributed by atoms with Gasteiger partial charge in [-0.25, -0.2) is 0 Å². The molecule has 15 heavy (non-hydrogen) atoms. The molecule has 1 rings (SSSR count). The van der Waals surface area contributed by atoms with E-state index in [-0.39, 0.29) is 11.7 Å². The van der Waals surface area contributed by atoms with Gasteiger partial charge in [0.1, 0.15) is 5.75 Å². The average molecular weight is 216 g/mol. The highest BCUT2D eigenvalue weighted by molar-refractivity contribution is 5.35. The van der Waals surface area contributed by atoms with Crippen LogP contribution in [0.1, 0.15) is 25.5 Å². The third kappa shape index (κ3) is 3.16. The minimum Gasteiger partial charge on any atom is -0.434 e. The Morgan fingerprint density at radius 2 is 1.80 bits per heavy atom. The maximum atomic E-state index is 12.1. The average Bonchev–Trinajstić information content (AvgIpc) is 2.16. The summed E-state index contributed by atoms with van der Waals surface area (Å²) in [6.45, 7) is 0.749. The molecule has 0 aromatic heterocycles. The number of hydrogen-bond donors (Lipinski definition) is 1. The van der Waals surface area contributed by atoms with Crippen molar-refractivity contribution < 1.29 is 18.6 Å². The highest BCUT2D eigenvalue weighted by Crippen LogP contribution is 2.30. The van der Waals surface area contributed by atoms with Crippen molar-refractivity contribution in [1.29, 1.82) is 0 Å². The maximum Gasteiger partial charge on any atom is 0.387 e. The van der Waals surface area contributed by atoms with Crippen molar-refractivity contribution in [2.75, 3.05) is 0 Å². The largest absolute Gasteiger partial charge is 0.434 e. The van der Waals surface area contributed by atoms with E-state index in [2.05, 4.69) is 4.74 Å². The molecule has 84 valence electrons. The van der Waals surface area contributed by atoms with E-state index >= 15 is 0 Å². The Morgan fingerprint density at radius 3 is 2.33 bits per heavy atom. The quantitative estimate of drug-likeness (QED) is 0.838. The predicted molar refractivity (Wildman–Crippen MR) is 52.9 cm³/mol. The van der Waals surface area contributed by atoms with Crippen LogP contribution in [0.15, 0.2) is 24.3 Å². The normalized spacial score (nSPS) is 13.3. The highest BCUT2D eigenvalue weighted by Gasteiger charge is 2.18. The van der Waals surface area contributed by atoms with E-state index in [1.807, 2.05) is 13.8 Å². The van der Waals surface area contributed by atoms with Crippen LogP contribution >= 0.6 is 0 Å². The molecule has 0 aliphatic heterocycles. The zero-order valence-electron chi connectivity index (χ0n) is 8.65. The second-order valence-electron chi connectivity index (χ2n) is 3.61. The molecule has 4 heteroatoms. The van der Waals surface area contributed by atoms with E-state index in [4.69, 9.17) is 0 Å². The third-order valence-corrected chi connectivity index (χ3v) is 2.09. The lowest BCUT2D eigenvalue weighted by Crippen LogP contribution is -2.10. The Hall–Kier alpha value is -1.16. The molecule has 0 bridgehead atoms. The van der Waals surface area contributed by atoms with Gasteiger partial charge in [-0.05, 0) is 12.0 Å². The van der Waals surface area contributed by atoms with Gasteiger partial charge in [-0.2, -0.15) is 8.78 Å². The zero-order valence-corrected chi connectivity index (χ0v) is 8.65. The number of ether oxygens (including phenoxy) is 1. The third-order valence-electron chi connectivity index (χ3n) is 2.09. The lowest BCUT2D eigenvalue weighted by Gasteiger charge is -2.18. The van der Waals surface area contributed by atoms with Crippen molar-refractivity contribution in [1.82, 2.24) is 0 Å². The van der Waals surface area contributed by atoms with Crippen LogP contribution in [0, 0.1) is 5.92 Å². The molecule has 1 aromatic rings. The summed E-state index contributed by atoms with van der Waals surface area (Å²) < 4.78 is 28.4. The summed E-state index contributed by atoms with van der Waals surface area (Å²) in [4.78, 5) is 0. The van der Waals surface area contributed by atoms with Gasteiger partial charge < -0.3 is 9.84 Å². The monoisotopic (exact) mass is 216 g/mol. The first-order valence-electron chi connectivity index (χ1n) is 4.74. The second-order valence-corrected chi connectivity index (χ2v) is 3.61. The number of para-hydroxylation sites is 1. The molecule has 0 aliphatic rings. The lowest BCUT2D eigenvalue weighted by atomic mass is 9.98. The Labute approximate surface area is 87.5 Å². The van der Waals surface area contributed by atoms with Crippen LogP contribution in [0.25, 0.3) is 0 Å². The second kappa shape index (κ2) is 5.07. The van der Waals surface area contributed by atoms with E-state index in [0.29, 0.717) is 5.56 Å². The summed E-state index contributed by atoms with van der Waals surface area (Å²) in [7, 11) is 0. The summed E-state index contributed by atoms with van der Waals surface area (Å²) in [5, 5.41) is 9.77. The number of alkyl halides is 2. The van der Waals surface area contributed by atoms with Gasteiger partial charge in [0, 0.05) is 5.56 Å². The fourth-order valence-corrected chi connectivity index (χ4v) is 1.29. The topological polar surface area (TPSA) is 29.5 Å². The molecule has 0 saturated carbocycles. The smallest absolute Gasteiger partial charge is 0.387 e. The number of aliphatic hydroxyl groups excluding tert-OH is 1. The first kappa shape index (κ1) is 11.9. The van der Waals surface area contributed by atoms with Crippen LogP contribution in [0.5, 0.6) is 5.75 Å². The molecule has 1 atom stereocenters. The molecule has 0 aliphatic carbocycles. The fraction of sp³-hybridized carbons (Fsp3) is 0.455. The van der Waals surface area contributed by atoms with E-state index in [1.165, 1.54) is 6.07 Å². The number of hydrogen-bond acceptors (Lipinski definition) is 2. The summed E-state index contributed by atoms with van der Waals surface area (Å²) >= 11 is 0. The van der Waals surface area contributed by atoms with E-state index in [9.17, 15) is 13.9 Å². The van der Waals surface area contributed by atoms with Crippen molar-refractivity contribution in [2.24, 2.45) is 5.92 Å². The van der Waals surface area contributed by atoms with Crippen LogP contribution < -0.4 is 4.74 Å². The summed E-state index contributed by atoms with van der Waals surface area (Å²) in [6, 6.07) is 6.28. The molecule has 1 N–H and O–H groups in total. The molecule has 0 fully saturated rings. The van der Waals surface area contributed by atoms with Crippen LogP contribution in [-0.2, 0) is 0 Å². The number of aliphatic hydroxyl groups is 1. The van der Waals surface area contributed by atoms with Crippen molar-refractivity contribution in [2.45, 2.75) is 26.6 Å².